The van der Waals surface area contributed by atoms with Crippen molar-refractivity contribution in [1.82, 2.24) is 15.0 Å². The maximum atomic E-state index is 12.2. The molecule has 0 bridgehead atoms. The van der Waals surface area contributed by atoms with E-state index in [1.807, 2.05) is 44.7 Å². The molecule has 1 saturated heterocycles. The molecule has 1 amide bonds. The number of rotatable bonds is 3. The number of benzene rings is 1. The third-order valence-electron chi connectivity index (χ3n) is 4.49. The fourth-order valence-electron chi connectivity index (χ4n) is 3.23. The van der Waals surface area contributed by atoms with E-state index in [1.165, 1.54) is 5.56 Å². The van der Waals surface area contributed by atoms with E-state index in [9.17, 15) is 4.79 Å². The molecular weight excluding hydrogens is 330 g/mol. The molecule has 0 N–H and O–H groups in total. The number of aryl methyl sites for hydroxylation is 1. The van der Waals surface area contributed by atoms with Gasteiger partial charge in [-0.1, -0.05) is 17.3 Å². The molecule has 26 heavy (non-hydrogen) atoms. The predicted molar refractivity (Wildman–Crippen MR) is 98.7 cm³/mol. The van der Waals surface area contributed by atoms with Crippen molar-refractivity contribution < 1.29 is 14.1 Å². The van der Waals surface area contributed by atoms with Crippen LogP contribution in [0.25, 0.3) is 11.5 Å². The zero-order valence-electron chi connectivity index (χ0n) is 16.0. The molecule has 3 rings (SSSR count). The third-order valence-corrected chi connectivity index (χ3v) is 4.49. The van der Waals surface area contributed by atoms with Crippen molar-refractivity contribution in [1.29, 1.82) is 0 Å². The average Bonchev–Trinajstić information content (AvgIpc) is 3.01. The molecule has 0 saturated carbocycles. The number of hydrogen-bond donors (Lipinski definition) is 0. The number of likely N-dealkylation sites (tertiary alicyclic amines) is 1. The van der Waals surface area contributed by atoms with Crippen molar-refractivity contribution in [2.75, 3.05) is 13.1 Å². The summed E-state index contributed by atoms with van der Waals surface area (Å²) in [6.07, 6.45) is 2.76. The molecule has 1 fully saturated rings. The molecule has 6 nitrogen and oxygen atoms in total. The first kappa shape index (κ1) is 18.4. The Hall–Kier alpha value is -2.37. The first-order valence-electron chi connectivity index (χ1n) is 9.18. The number of amides is 1. The Morgan fingerprint density at radius 3 is 2.65 bits per heavy atom. The first-order valence-corrected chi connectivity index (χ1v) is 9.18. The van der Waals surface area contributed by atoms with Gasteiger partial charge in [0.05, 0.1) is 0 Å². The van der Waals surface area contributed by atoms with Crippen LogP contribution in [0.1, 0.15) is 45.0 Å². The van der Waals surface area contributed by atoms with Crippen LogP contribution in [0.4, 0.5) is 4.79 Å². The summed E-state index contributed by atoms with van der Waals surface area (Å²) in [6.45, 7) is 9.01. The van der Waals surface area contributed by atoms with Crippen LogP contribution < -0.4 is 0 Å². The molecule has 0 radical (unpaired) electrons. The van der Waals surface area contributed by atoms with Gasteiger partial charge in [0.2, 0.25) is 0 Å². The lowest BCUT2D eigenvalue weighted by atomic mass is 9.90. The second-order valence-corrected chi connectivity index (χ2v) is 7.96. The summed E-state index contributed by atoms with van der Waals surface area (Å²) in [4.78, 5) is 18.3. The summed E-state index contributed by atoms with van der Waals surface area (Å²) in [5.41, 5.74) is 1.77. The number of nitrogens with zero attached hydrogens (tertiary/aromatic N) is 3. The Balaban J connectivity index is 1.56. The first-order chi connectivity index (χ1) is 12.3. The van der Waals surface area contributed by atoms with Crippen molar-refractivity contribution in [2.45, 2.75) is 52.6 Å². The summed E-state index contributed by atoms with van der Waals surface area (Å²) in [5.74, 6) is 1.76. The highest BCUT2D eigenvalue weighted by Gasteiger charge is 2.26. The van der Waals surface area contributed by atoms with E-state index in [-0.39, 0.29) is 6.09 Å². The molecule has 0 spiro atoms. The van der Waals surface area contributed by atoms with E-state index in [4.69, 9.17) is 9.26 Å². The number of hydrogen-bond acceptors (Lipinski definition) is 5. The van der Waals surface area contributed by atoms with E-state index in [2.05, 4.69) is 22.3 Å². The van der Waals surface area contributed by atoms with E-state index in [0.717, 1.165) is 37.9 Å². The van der Waals surface area contributed by atoms with E-state index >= 15 is 0 Å². The highest BCUT2D eigenvalue weighted by atomic mass is 16.6. The largest absolute Gasteiger partial charge is 0.444 e. The van der Waals surface area contributed by atoms with Crippen LogP contribution in [0.2, 0.25) is 0 Å². The van der Waals surface area contributed by atoms with Gasteiger partial charge in [-0.15, -0.1) is 0 Å². The lowest BCUT2D eigenvalue weighted by Gasteiger charge is -2.33. The standard InChI is InChI=1S/C20H27N3O3/c1-14-21-18(26-22-14)17-7-5-6-16(13-17)12-15-8-10-23(11-9-15)19(24)25-20(2,3)4/h5-7,13,15H,8-12H2,1-4H3. The van der Waals surface area contributed by atoms with Crippen molar-refractivity contribution in [3.8, 4) is 11.5 Å². The minimum atomic E-state index is -0.443. The molecule has 0 unspecified atom stereocenters. The summed E-state index contributed by atoms with van der Waals surface area (Å²) < 4.78 is 10.7. The van der Waals surface area contributed by atoms with Gasteiger partial charge in [-0.05, 0) is 70.6 Å². The van der Waals surface area contributed by atoms with Gasteiger partial charge in [-0.2, -0.15) is 4.98 Å². The molecular formula is C20H27N3O3. The average molecular weight is 357 g/mol. The second-order valence-electron chi connectivity index (χ2n) is 7.96. The van der Waals surface area contributed by atoms with Crippen LogP contribution in [0, 0.1) is 12.8 Å². The summed E-state index contributed by atoms with van der Waals surface area (Å²) >= 11 is 0. The SMILES string of the molecule is Cc1noc(-c2cccc(CC3CCN(C(=O)OC(C)(C)C)CC3)c2)n1. The van der Waals surface area contributed by atoms with Crippen LogP contribution in [-0.2, 0) is 11.2 Å². The molecule has 1 aliphatic heterocycles. The summed E-state index contributed by atoms with van der Waals surface area (Å²) in [7, 11) is 0. The van der Waals surface area contributed by atoms with Crippen LogP contribution in [0.3, 0.4) is 0 Å². The number of piperidine rings is 1. The smallest absolute Gasteiger partial charge is 0.410 e. The van der Waals surface area contributed by atoms with Gasteiger partial charge in [-0.25, -0.2) is 4.79 Å². The highest BCUT2D eigenvalue weighted by Crippen LogP contribution is 2.25. The number of aromatic nitrogens is 2. The summed E-state index contributed by atoms with van der Waals surface area (Å²) in [6, 6.07) is 8.27. The molecule has 2 aromatic rings. The van der Waals surface area contributed by atoms with Crippen LogP contribution in [0.15, 0.2) is 28.8 Å². The minimum absolute atomic E-state index is 0.204. The van der Waals surface area contributed by atoms with Crippen molar-refractivity contribution >= 4 is 6.09 Å². The van der Waals surface area contributed by atoms with Crippen LogP contribution in [0.5, 0.6) is 0 Å². The summed E-state index contributed by atoms with van der Waals surface area (Å²) in [5, 5.41) is 3.85. The van der Waals surface area contributed by atoms with Crippen molar-refractivity contribution in [2.24, 2.45) is 5.92 Å². The number of ether oxygens (including phenoxy) is 1. The quantitative estimate of drug-likeness (QED) is 0.822. The fraction of sp³-hybridized carbons (Fsp3) is 0.550. The van der Waals surface area contributed by atoms with Gasteiger partial charge in [-0.3, -0.25) is 0 Å². The lowest BCUT2D eigenvalue weighted by molar-refractivity contribution is 0.0184. The zero-order chi connectivity index (χ0) is 18.7. The van der Waals surface area contributed by atoms with Crippen LogP contribution >= 0.6 is 0 Å². The Bertz CT molecular complexity index is 756. The molecule has 0 aliphatic carbocycles. The molecule has 1 aliphatic rings. The van der Waals surface area contributed by atoms with Crippen molar-refractivity contribution in [3.63, 3.8) is 0 Å². The Morgan fingerprint density at radius 1 is 1.31 bits per heavy atom. The van der Waals surface area contributed by atoms with Gasteiger partial charge in [0.15, 0.2) is 5.82 Å². The minimum Gasteiger partial charge on any atom is -0.444 e. The zero-order valence-corrected chi connectivity index (χ0v) is 16.0. The molecule has 2 heterocycles. The molecule has 0 atom stereocenters. The van der Waals surface area contributed by atoms with Gasteiger partial charge in [0.25, 0.3) is 5.89 Å². The molecule has 6 heteroatoms. The monoisotopic (exact) mass is 357 g/mol. The number of carbonyl (C=O) groups is 1. The Kier molecular flexibility index (Phi) is 5.30. The van der Waals surface area contributed by atoms with Gasteiger partial charge in [0.1, 0.15) is 5.60 Å². The topological polar surface area (TPSA) is 68.5 Å². The van der Waals surface area contributed by atoms with Crippen molar-refractivity contribution in [3.05, 3.63) is 35.7 Å². The highest BCUT2D eigenvalue weighted by molar-refractivity contribution is 5.68. The predicted octanol–water partition coefficient (Wildman–Crippen LogP) is 4.23. The molecule has 1 aromatic carbocycles. The maximum absolute atomic E-state index is 12.2. The van der Waals surface area contributed by atoms with Gasteiger partial charge in [0, 0.05) is 18.7 Å². The van der Waals surface area contributed by atoms with E-state index < -0.39 is 5.60 Å². The Labute approximate surface area is 154 Å². The normalized spacial score (nSPS) is 15.9. The van der Waals surface area contributed by atoms with E-state index in [1.54, 1.807) is 0 Å². The number of carbonyl (C=O) groups excluding carboxylic acids is 1. The molecule has 1 aromatic heterocycles. The van der Waals surface area contributed by atoms with Crippen LogP contribution in [-0.4, -0.2) is 39.8 Å². The Morgan fingerprint density at radius 2 is 2.04 bits per heavy atom. The van der Waals surface area contributed by atoms with Gasteiger partial charge < -0.3 is 14.2 Å². The molecule has 140 valence electrons. The fourth-order valence-corrected chi connectivity index (χ4v) is 3.23. The van der Waals surface area contributed by atoms with E-state index in [0.29, 0.717) is 17.6 Å². The van der Waals surface area contributed by atoms with Gasteiger partial charge >= 0.3 is 6.09 Å². The maximum Gasteiger partial charge on any atom is 0.410 e. The third kappa shape index (κ3) is 4.84. The lowest BCUT2D eigenvalue weighted by Crippen LogP contribution is -2.42. The second kappa shape index (κ2) is 7.48.